The zero-order chi connectivity index (χ0) is 14.5. The van der Waals surface area contributed by atoms with Crippen molar-refractivity contribution in [1.29, 1.82) is 0 Å². The van der Waals surface area contributed by atoms with Gasteiger partial charge in [0.1, 0.15) is 0 Å². The van der Waals surface area contributed by atoms with Crippen molar-refractivity contribution in [3.63, 3.8) is 0 Å². The van der Waals surface area contributed by atoms with Crippen LogP contribution in [0.4, 0.5) is 14.5 Å². The normalized spacial score (nSPS) is 19.9. The van der Waals surface area contributed by atoms with Gasteiger partial charge in [-0.25, -0.2) is 8.78 Å². The molecule has 1 aliphatic rings. The molecule has 5 heteroatoms. The van der Waals surface area contributed by atoms with Crippen LogP contribution < -0.4 is 5.32 Å². The van der Waals surface area contributed by atoms with Crippen LogP contribution in [0.15, 0.2) is 18.2 Å². The molecule has 1 N–H and O–H groups in total. The molecular formula is C15H20F2N2O. The van der Waals surface area contributed by atoms with Crippen molar-refractivity contribution < 1.29 is 13.6 Å². The predicted octanol–water partition coefficient (Wildman–Crippen LogP) is 3.03. The Balaban J connectivity index is 1.78. The van der Waals surface area contributed by atoms with Crippen molar-refractivity contribution in [3.05, 3.63) is 29.8 Å². The van der Waals surface area contributed by atoms with E-state index in [1.807, 2.05) is 0 Å². The van der Waals surface area contributed by atoms with Crippen LogP contribution in [-0.2, 0) is 4.79 Å². The van der Waals surface area contributed by atoms with Gasteiger partial charge < -0.3 is 10.2 Å². The first kappa shape index (κ1) is 14.9. The molecule has 1 atom stereocenters. The molecule has 1 amide bonds. The van der Waals surface area contributed by atoms with E-state index in [1.165, 1.54) is 18.9 Å². The quantitative estimate of drug-likeness (QED) is 0.920. The summed E-state index contributed by atoms with van der Waals surface area (Å²) >= 11 is 0. The van der Waals surface area contributed by atoms with E-state index in [0.717, 1.165) is 25.2 Å². The van der Waals surface area contributed by atoms with Crippen LogP contribution in [-0.4, -0.2) is 30.4 Å². The van der Waals surface area contributed by atoms with Gasteiger partial charge in [0, 0.05) is 31.3 Å². The van der Waals surface area contributed by atoms with Gasteiger partial charge in [0.15, 0.2) is 11.6 Å². The monoisotopic (exact) mass is 282 g/mol. The van der Waals surface area contributed by atoms with E-state index in [1.54, 1.807) is 0 Å². The number of rotatable bonds is 4. The van der Waals surface area contributed by atoms with E-state index < -0.39 is 11.6 Å². The lowest BCUT2D eigenvalue weighted by Crippen LogP contribution is -2.36. The largest absolute Gasteiger partial charge is 0.326 e. The highest BCUT2D eigenvalue weighted by Gasteiger charge is 2.16. The molecule has 0 aliphatic carbocycles. The summed E-state index contributed by atoms with van der Waals surface area (Å²) in [5, 5.41) is 2.59. The zero-order valence-corrected chi connectivity index (χ0v) is 11.7. The van der Waals surface area contributed by atoms with E-state index in [2.05, 4.69) is 17.1 Å². The average molecular weight is 282 g/mol. The molecule has 0 unspecified atom stereocenters. The fourth-order valence-electron chi connectivity index (χ4n) is 2.55. The Morgan fingerprint density at radius 1 is 1.40 bits per heavy atom. The van der Waals surface area contributed by atoms with Gasteiger partial charge in [-0.3, -0.25) is 4.79 Å². The maximum atomic E-state index is 13.0. The van der Waals surface area contributed by atoms with Gasteiger partial charge >= 0.3 is 0 Å². The van der Waals surface area contributed by atoms with Crippen molar-refractivity contribution >= 4 is 11.6 Å². The van der Waals surface area contributed by atoms with Crippen LogP contribution in [0.1, 0.15) is 26.2 Å². The topological polar surface area (TPSA) is 32.3 Å². The number of hydrogen-bond donors (Lipinski definition) is 1. The summed E-state index contributed by atoms with van der Waals surface area (Å²) in [5.41, 5.74) is 0.293. The molecule has 1 heterocycles. The molecule has 1 saturated heterocycles. The summed E-state index contributed by atoms with van der Waals surface area (Å²) in [5.74, 6) is -1.36. The summed E-state index contributed by atoms with van der Waals surface area (Å²) in [6, 6.07) is 3.37. The molecule has 0 radical (unpaired) electrons. The number of carbonyl (C=O) groups excluding carboxylic acids is 1. The van der Waals surface area contributed by atoms with Crippen molar-refractivity contribution in [2.75, 3.05) is 25.0 Å². The van der Waals surface area contributed by atoms with Crippen molar-refractivity contribution in [2.45, 2.75) is 26.2 Å². The molecule has 0 bridgehead atoms. The molecule has 2 rings (SSSR count). The van der Waals surface area contributed by atoms with Crippen molar-refractivity contribution in [1.82, 2.24) is 4.90 Å². The maximum absolute atomic E-state index is 13.0. The van der Waals surface area contributed by atoms with Gasteiger partial charge in [-0.15, -0.1) is 0 Å². The number of hydrogen-bond acceptors (Lipinski definition) is 2. The maximum Gasteiger partial charge on any atom is 0.225 e. The number of piperidine rings is 1. The summed E-state index contributed by atoms with van der Waals surface area (Å²) in [6.07, 6.45) is 2.79. The van der Waals surface area contributed by atoms with Crippen LogP contribution in [0, 0.1) is 17.6 Å². The summed E-state index contributed by atoms with van der Waals surface area (Å²) in [6.45, 7) is 4.98. The predicted molar refractivity (Wildman–Crippen MR) is 74.4 cm³/mol. The van der Waals surface area contributed by atoms with Crippen LogP contribution in [0.2, 0.25) is 0 Å². The summed E-state index contributed by atoms with van der Waals surface area (Å²) in [4.78, 5) is 14.1. The lowest BCUT2D eigenvalue weighted by molar-refractivity contribution is -0.116. The number of carbonyl (C=O) groups is 1. The average Bonchev–Trinajstić information content (AvgIpc) is 2.41. The Morgan fingerprint density at radius 3 is 2.90 bits per heavy atom. The first-order chi connectivity index (χ1) is 9.54. The molecule has 1 fully saturated rings. The number of nitrogens with one attached hydrogen (secondary N) is 1. The molecule has 1 aliphatic heterocycles. The Bertz CT molecular complexity index is 479. The van der Waals surface area contributed by atoms with Crippen molar-refractivity contribution in [2.24, 2.45) is 5.92 Å². The molecule has 20 heavy (non-hydrogen) atoms. The minimum absolute atomic E-state index is 0.172. The molecule has 3 nitrogen and oxygen atoms in total. The molecular weight excluding hydrogens is 262 g/mol. The molecule has 1 aromatic rings. The lowest BCUT2D eigenvalue weighted by Gasteiger charge is -2.30. The summed E-state index contributed by atoms with van der Waals surface area (Å²) < 4.78 is 25.8. The lowest BCUT2D eigenvalue weighted by atomic mass is 10.0. The van der Waals surface area contributed by atoms with E-state index in [-0.39, 0.29) is 5.91 Å². The second-order valence-electron chi connectivity index (χ2n) is 5.48. The second-order valence-corrected chi connectivity index (χ2v) is 5.48. The van der Waals surface area contributed by atoms with E-state index in [4.69, 9.17) is 0 Å². The standard InChI is InChI=1S/C15H20F2N2O/c1-11-3-2-7-19(10-11)8-6-15(20)18-12-4-5-13(16)14(17)9-12/h4-5,9,11H,2-3,6-8,10H2,1H3,(H,18,20)/t11-/m0/s1. The number of nitrogens with zero attached hydrogens (tertiary/aromatic N) is 1. The number of benzene rings is 1. The van der Waals surface area contributed by atoms with Gasteiger partial charge in [0.2, 0.25) is 5.91 Å². The second kappa shape index (κ2) is 6.79. The van der Waals surface area contributed by atoms with Gasteiger partial charge in [0.05, 0.1) is 0 Å². The molecule has 0 aromatic heterocycles. The first-order valence-electron chi connectivity index (χ1n) is 7.02. The smallest absolute Gasteiger partial charge is 0.225 e. The number of anilines is 1. The molecule has 1 aromatic carbocycles. The number of likely N-dealkylation sites (tertiary alicyclic amines) is 1. The first-order valence-corrected chi connectivity index (χ1v) is 7.02. The highest BCUT2D eigenvalue weighted by Crippen LogP contribution is 2.16. The molecule has 0 spiro atoms. The molecule has 0 saturated carbocycles. The summed E-state index contributed by atoms with van der Waals surface area (Å²) in [7, 11) is 0. The van der Waals surface area contributed by atoms with Crippen LogP contribution in [0.3, 0.4) is 0 Å². The third kappa shape index (κ3) is 4.27. The zero-order valence-electron chi connectivity index (χ0n) is 11.7. The van der Waals surface area contributed by atoms with E-state index in [9.17, 15) is 13.6 Å². The van der Waals surface area contributed by atoms with Gasteiger partial charge in [-0.1, -0.05) is 6.92 Å². The SMILES string of the molecule is C[C@H]1CCCN(CCC(=O)Nc2ccc(F)c(F)c2)C1. The fourth-order valence-corrected chi connectivity index (χ4v) is 2.55. The highest BCUT2D eigenvalue weighted by molar-refractivity contribution is 5.90. The highest BCUT2D eigenvalue weighted by atomic mass is 19.2. The Kier molecular flexibility index (Phi) is 5.06. The van der Waals surface area contributed by atoms with Crippen LogP contribution in [0.5, 0.6) is 0 Å². The van der Waals surface area contributed by atoms with E-state index >= 15 is 0 Å². The van der Waals surface area contributed by atoms with Crippen LogP contribution >= 0.6 is 0 Å². The Hall–Kier alpha value is -1.49. The minimum Gasteiger partial charge on any atom is -0.326 e. The Morgan fingerprint density at radius 2 is 2.20 bits per heavy atom. The third-order valence-corrected chi connectivity index (χ3v) is 3.60. The number of halogens is 2. The number of amides is 1. The van der Waals surface area contributed by atoms with Gasteiger partial charge in [-0.05, 0) is 37.4 Å². The molecule has 110 valence electrons. The minimum atomic E-state index is -0.951. The Labute approximate surface area is 118 Å². The fraction of sp³-hybridized carbons (Fsp3) is 0.533. The van der Waals surface area contributed by atoms with E-state index in [0.29, 0.717) is 24.6 Å². The van der Waals surface area contributed by atoms with Crippen molar-refractivity contribution in [3.8, 4) is 0 Å². The van der Waals surface area contributed by atoms with Crippen LogP contribution in [0.25, 0.3) is 0 Å². The van der Waals surface area contributed by atoms with Gasteiger partial charge in [-0.2, -0.15) is 0 Å². The third-order valence-electron chi connectivity index (χ3n) is 3.60. The van der Waals surface area contributed by atoms with Gasteiger partial charge in [0.25, 0.3) is 0 Å².